The van der Waals surface area contributed by atoms with Crippen molar-refractivity contribution in [2.24, 2.45) is 5.92 Å². The fourth-order valence-corrected chi connectivity index (χ4v) is 3.33. The summed E-state index contributed by atoms with van der Waals surface area (Å²) in [5.74, 6) is 2.10. The first-order valence-electron chi connectivity index (χ1n) is 8.51. The Kier molecular flexibility index (Phi) is 3.92. The molecule has 126 valence electrons. The average Bonchev–Trinajstić information content (AvgIpc) is 2.99. The first-order chi connectivity index (χ1) is 11.7. The second kappa shape index (κ2) is 6.22. The molecule has 3 heterocycles. The van der Waals surface area contributed by atoms with E-state index < -0.39 is 0 Å². The van der Waals surface area contributed by atoms with Gasteiger partial charge in [-0.05, 0) is 38.3 Å². The van der Waals surface area contributed by atoms with Crippen LogP contribution in [0.15, 0.2) is 16.7 Å². The molecule has 0 spiro atoms. The number of aryl methyl sites for hydroxylation is 2. The van der Waals surface area contributed by atoms with E-state index in [-0.39, 0.29) is 5.91 Å². The maximum absolute atomic E-state index is 12.3. The fourth-order valence-electron chi connectivity index (χ4n) is 3.33. The van der Waals surface area contributed by atoms with E-state index in [0.29, 0.717) is 18.2 Å². The molecule has 2 aliphatic rings. The normalized spacial score (nSPS) is 17.3. The van der Waals surface area contributed by atoms with Crippen LogP contribution in [0.2, 0.25) is 0 Å². The van der Waals surface area contributed by atoms with E-state index in [1.165, 1.54) is 0 Å². The Morgan fingerprint density at radius 3 is 2.92 bits per heavy atom. The monoisotopic (exact) mass is 327 g/mol. The number of rotatable bonds is 4. The summed E-state index contributed by atoms with van der Waals surface area (Å²) in [6, 6.07) is 3.95. The van der Waals surface area contributed by atoms with Crippen LogP contribution >= 0.6 is 0 Å². The zero-order valence-corrected chi connectivity index (χ0v) is 13.8. The molecule has 1 amide bonds. The third kappa shape index (κ3) is 2.86. The Morgan fingerprint density at radius 1 is 1.29 bits per heavy atom. The zero-order chi connectivity index (χ0) is 16.5. The molecule has 0 bridgehead atoms. The van der Waals surface area contributed by atoms with Crippen LogP contribution in [-0.4, -0.2) is 40.9 Å². The highest BCUT2D eigenvalue weighted by Gasteiger charge is 2.29. The van der Waals surface area contributed by atoms with Gasteiger partial charge in [0.2, 0.25) is 0 Å². The topological polar surface area (TPSA) is 84.2 Å². The lowest BCUT2D eigenvalue weighted by atomic mass is 9.96. The van der Waals surface area contributed by atoms with Gasteiger partial charge in [-0.2, -0.15) is 5.10 Å². The second-order valence-electron chi connectivity index (χ2n) is 6.65. The van der Waals surface area contributed by atoms with Gasteiger partial charge in [-0.1, -0.05) is 5.16 Å². The number of anilines is 1. The molecule has 0 saturated carbocycles. The van der Waals surface area contributed by atoms with Gasteiger partial charge in [-0.15, -0.1) is 5.10 Å². The van der Waals surface area contributed by atoms with E-state index >= 15 is 0 Å². The van der Waals surface area contributed by atoms with E-state index in [2.05, 4.69) is 25.6 Å². The van der Waals surface area contributed by atoms with Gasteiger partial charge in [-0.3, -0.25) is 4.79 Å². The van der Waals surface area contributed by atoms with Gasteiger partial charge in [0.1, 0.15) is 5.76 Å². The van der Waals surface area contributed by atoms with Crippen molar-refractivity contribution in [3.8, 4) is 0 Å². The number of nitrogens with zero attached hydrogens (tertiary/aromatic N) is 4. The number of fused-ring (bicyclic) bond motifs is 1. The van der Waals surface area contributed by atoms with Crippen molar-refractivity contribution in [1.82, 2.24) is 20.7 Å². The standard InChI is InChI=1S/C17H21N5O2/c1-11-6-7-15(20-19-11)22-9-12(10-22)8-18-17(23)16-13-4-2-3-5-14(13)24-21-16/h6-7,12H,2-5,8-10H2,1H3,(H,18,23). The molecule has 2 aromatic heterocycles. The Balaban J connectivity index is 1.28. The van der Waals surface area contributed by atoms with Crippen molar-refractivity contribution in [3.63, 3.8) is 0 Å². The van der Waals surface area contributed by atoms with E-state index in [1.807, 2.05) is 19.1 Å². The third-order valence-corrected chi connectivity index (χ3v) is 4.78. The molecule has 1 fully saturated rings. The molecule has 1 aliphatic heterocycles. The summed E-state index contributed by atoms with van der Waals surface area (Å²) < 4.78 is 5.31. The average molecular weight is 327 g/mol. The van der Waals surface area contributed by atoms with E-state index in [1.54, 1.807) is 0 Å². The number of carbonyl (C=O) groups is 1. The summed E-state index contributed by atoms with van der Waals surface area (Å²) in [4.78, 5) is 14.5. The molecular weight excluding hydrogens is 306 g/mol. The lowest BCUT2D eigenvalue weighted by molar-refractivity contribution is 0.0934. The quantitative estimate of drug-likeness (QED) is 0.916. The minimum absolute atomic E-state index is 0.115. The molecule has 1 saturated heterocycles. The summed E-state index contributed by atoms with van der Waals surface area (Å²) in [5, 5.41) is 15.2. The Hall–Kier alpha value is -2.44. The zero-order valence-electron chi connectivity index (χ0n) is 13.8. The molecule has 0 aromatic carbocycles. The minimum atomic E-state index is -0.115. The van der Waals surface area contributed by atoms with Gasteiger partial charge in [0.15, 0.2) is 11.5 Å². The summed E-state index contributed by atoms with van der Waals surface area (Å²) >= 11 is 0. The predicted molar refractivity (Wildman–Crippen MR) is 88.0 cm³/mol. The second-order valence-corrected chi connectivity index (χ2v) is 6.65. The maximum atomic E-state index is 12.3. The van der Waals surface area contributed by atoms with Gasteiger partial charge in [0.25, 0.3) is 5.91 Å². The van der Waals surface area contributed by atoms with Crippen LogP contribution in [0.1, 0.15) is 40.3 Å². The highest BCUT2D eigenvalue weighted by atomic mass is 16.5. The SMILES string of the molecule is Cc1ccc(N2CC(CNC(=O)c3noc4c3CCCC4)C2)nn1. The van der Waals surface area contributed by atoms with Crippen molar-refractivity contribution >= 4 is 11.7 Å². The van der Waals surface area contributed by atoms with Crippen LogP contribution in [0, 0.1) is 12.8 Å². The Labute approximate surface area is 140 Å². The number of amides is 1. The molecule has 0 atom stereocenters. The van der Waals surface area contributed by atoms with Crippen LogP contribution in [0.25, 0.3) is 0 Å². The fraction of sp³-hybridized carbons (Fsp3) is 0.529. The summed E-state index contributed by atoms with van der Waals surface area (Å²) in [5.41, 5.74) is 2.40. The van der Waals surface area contributed by atoms with Crippen molar-refractivity contribution in [2.45, 2.75) is 32.6 Å². The summed E-state index contributed by atoms with van der Waals surface area (Å²) in [7, 11) is 0. The first kappa shape index (κ1) is 15.1. The number of hydrogen-bond donors (Lipinski definition) is 1. The van der Waals surface area contributed by atoms with Gasteiger partial charge in [0.05, 0.1) is 5.69 Å². The molecule has 7 nitrogen and oxygen atoms in total. The first-order valence-corrected chi connectivity index (χ1v) is 8.51. The van der Waals surface area contributed by atoms with Crippen molar-refractivity contribution < 1.29 is 9.32 Å². The lowest BCUT2D eigenvalue weighted by Crippen LogP contribution is -2.52. The molecule has 0 radical (unpaired) electrons. The highest BCUT2D eigenvalue weighted by molar-refractivity contribution is 5.93. The van der Waals surface area contributed by atoms with Crippen LogP contribution in [0.4, 0.5) is 5.82 Å². The number of carbonyl (C=O) groups excluding carboxylic acids is 1. The molecule has 4 rings (SSSR count). The number of nitrogens with one attached hydrogen (secondary N) is 1. The molecule has 0 unspecified atom stereocenters. The van der Waals surface area contributed by atoms with Gasteiger partial charge in [0, 0.05) is 37.5 Å². The molecule has 7 heteroatoms. The van der Waals surface area contributed by atoms with Gasteiger partial charge < -0.3 is 14.7 Å². The van der Waals surface area contributed by atoms with Crippen molar-refractivity contribution in [2.75, 3.05) is 24.5 Å². The smallest absolute Gasteiger partial charge is 0.273 e. The Morgan fingerprint density at radius 2 is 2.12 bits per heavy atom. The molecule has 24 heavy (non-hydrogen) atoms. The molecular formula is C17H21N5O2. The predicted octanol–water partition coefficient (Wildman–Crippen LogP) is 1.52. The summed E-state index contributed by atoms with van der Waals surface area (Å²) in [6.45, 7) is 4.34. The molecule has 1 aliphatic carbocycles. The Bertz CT molecular complexity index is 734. The lowest BCUT2D eigenvalue weighted by Gasteiger charge is -2.39. The van der Waals surface area contributed by atoms with E-state index in [0.717, 1.165) is 61.6 Å². The van der Waals surface area contributed by atoms with Crippen molar-refractivity contribution in [3.05, 3.63) is 34.8 Å². The van der Waals surface area contributed by atoms with Gasteiger partial charge in [-0.25, -0.2) is 0 Å². The maximum Gasteiger partial charge on any atom is 0.273 e. The van der Waals surface area contributed by atoms with Crippen molar-refractivity contribution in [1.29, 1.82) is 0 Å². The van der Waals surface area contributed by atoms with E-state index in [4.69, 9.17) is 4.52 Å². The van der Waals surface area contributed by atoms with Crippen LogP contribution in [0.3, 0.4) is 0 Å². The van der Waals surface area contributed by atoms with Crippen LogP contribution in [-0.2, 0) is 12.8 Å². The minimum Gasteiger partial charge on any atom is -0.360 e. The van der Waals surface area contributed by atoms with E-state index in [9.17, 15) is 4.79 Å². The third-order valence-electron chi connectivity index (χ3n) is 4.78. The van der Waals surface area contributed by atoms with Crippen LogP contribution in [0.5, 0.6) is 0 Å². The number of aromatic nitrogens is 3. The summed E-state index contributed by atoms with van der Waals surface area (Å²) in [6.07, 6.45) is 4.00. The van der Waals surface area contributed by atoms with Crippen LogP contribution < -0.4 is 10.2 Å². The highest BCUT2D eigenvalue weighted by Crippen LogP contribution is 2.25. The largest absolute Gasteiger partial charge is 0.360 e. The molecule has 1 N–H and O–H groups in total. The molecule has 2 aromatic rings. The number of hydrogen-bond acceptors (Lipinski definition) is 6. The van der Waals surface area contributed by atoms with Gasteiger partial charge >= 0.3 is 0 Å².